The minimum atomic E-state index is -0.848. The standard InChI is InChI=1S/C22H23NO4/c24-21(25)18-11-5-6-12-20(18)23-22(26)27-13-19-16-9-3-1-7-14(16)15-8-2-4-10-17(15)19/h1-4,7-10,18-20H,5-6,11-13H2,(H,23,26)(H,24,25). The average Bonchev–Trinajstić information content (AvgIpc) is 3.00. The first-order chi connectivity index (χ1) is 13.1. The van der Waals surface area contributed by atoms with Gasteiger partial charge in [-0.2, -0.15) is 0 Å². The van der Waals surface area contributed by atoms with E-state index in [2.05, 4.69) is 29.6 Å². The van der Waals surface area contributed by atoms with Gasteiger partial charge in [0.05, 0.1) is 5.92 Å². The molecule has 4 rings (SSSR count). The van der Waals surface area contributed by atoms with Gasteiger partial charge in [-0.3, -0.25) is 4.79 Å². The molecule has 2 N–H and O–H groups in total. The molecule has 140 valence electrons. The molecule has 0 saturated heterocycles. The zero-order valence-corrected chi connectivity index (χ0v) is 15.1. The van der Waals surface area contributed by atoms with E-state index in [1.807, 2.05) is 24.3 Å². The summed E-state index contributed by atoms with van der Waals surface area (Å²) in [6.07, 6.45) is 2.57. The van der Waals surface area contributed by atoms with E-state index in [-0.39, 0.29) is 18.6 Å². The Bertz CT molecular complexity index is 817. The Kier molecular flexibility index (Phi) is 4.84. The molecule has 0 bridgehead atoms. The third-order valence-electron chi connectivity index (χ3n) is 5.73. The van der Waals surface area contributed by atoms with Crippen LogP contribution in [0.4, 0.5) is 4.79 Å². The first kappa shape index (κ1) is 17.6. The van der Waals surface area contributed by atoms with Crippen LogP contribution in [0.5, 0.6) is 0 Å². The van der Waals surface area contributed by atoms with Crippen LogP contribution in [-0.4, -0.2) is 29.8 Å². The summed E-state index contributed by atoms with van der Waals surface area (Å²) in [6, 6.07) is 16.0. The molecule has 1 fully saturated rings. The van der Waals surface area contributed by atoms with Crippen LogP contribution < -0.4 is 5.32 Å². The number of carboxylic acid groups (broad SMARTS) is 1. The summed E-state index contributed by atoms with van der Waals surface area (Å²) in [7, 11) is 0. The van der Waals surface area contributed by atoms with Crippen molar-refractivity contribution < 1.29 is 19.4 Å². The molecular weight excluding hydrogens is 342 g/mol. The van der Waals surface area contributed by atoms with Crippen LogP contribution in [0.25, 0.3) is 11.1 Å². The van der Waals surface area contributed by atoms with Gasteiger partial charge in [-0.15, -0.1) is 0 Å². The Morgan fingerprint density at radius 1 is 0.963 bits per heavy atom. The Labute approximate surface area is 158 Å². The smallest absolute Gasteiger partial charge is 0.407 e. The maximum Gasteiger partial charge on any atom is 0.407 e. The Morgan fingerprint density at radius 3 is 2.19 bits per heavy atom. The monoisotopic (exact) mass is 365 g/mol. The number of amides is 1. The van der Waals surface area contributed by atoms with Crippen LogP contribution in [0.15, 0.2) is 48.5 Å². The van der Waals surface area contributed by atoms with E-state index in [0.717, 1.165) is 24.0 Å². The number of nitrogens with one attached hydrogen (secondary N) is 1. The van der Waals surface area contributed by atoms with Gasteiger partial charge in [0.2, 0.25) is 0 Å². The molecule has 0 heterocycles. The Morgan fingerprint density at radius 2 is 1.56 bits per heavy atom. The highest BCUT2D eigenvalue weighted by Gasteiger charge is 2.33. The van der Waals surface area contributed by atoms with Crippen LogP contribution in [0.1, 0.15) is 42.7 Å². The molecular formula is C22H23NO4. The predicted molar refractivity (Wildman–Crippen MR) is 102 cm³/mol. The van der Waals surface area contributed by atoms with Gasteiger partial charge in [0.15, 0.2) is 0 Å². The van der Waals surface area contributed by atoms with Gasteiger partial charge >= 0.3 is 12.1 Å². The predicted octanol–water partition coefficient (Wildman–Crippen LogP) is 4.17. The molecule has 2 aromatic carbocycles. The minimum Gasteiger partial charge on any atom is -0.481 e. The third kappa shape index (κ3) is 3.42. The third-order valence-corrected chi connectivity index (χ3v) is 5.73. The van der Waals surface area contributed by atoms with Crippen molar-refractivity contribution in [3.63, 3.8) is 0 Å². The summed E-state index contributed by atoms with van der Waals surface area (Å²) in [5.74, 6) is -1.37. The fourth-order valence-corrected chi connectivity index (χ4v) is 4.39. The van der Waals surface area contributed by atoms with E-state index in [1.165, 1.54) is 11.1 Å². The molecule has 0 spiro atoms. The molecule has 2 aromatic rings. The topological polar surface area (TPSA) is 75.6 Å². The van der Waals surface area contributed by atoms with Crippen LogP contribution in [0.2, 0.25) is 0 Å². The molecule has 2 atom stereocenters. The van der Waals surface area contributed by atoms with Crippen molar-refractivity contribution >= 4 is 12.1 Å². The second-order valence-electron chi connectivity index (χ2n) is 7.31. The summed E-state index contributed by atoms with van der Waals surface area (Å²) in [6.45, 7) is 0.240. The van der Waals surface area contributed by atoms with Gasteiger partial charge in [0.25, 0.3) is 0 Å². The molecule has 2 aliphatic rings. The van der Waals surface area contributed by atoms with E-state index < -0.39 is 18.0 Å². The van der Waals surface area contributed by atoms with E-state index in [4.69, 9.17) is 4.74 Å². The van der Waals surface area contributed by atoms with E-state index in [0.29, 0.717) is 12.8 Å². The first-order valence-corrected chi connectivity index (χ1v) is 9.49. The fourth-order valence-electron chi connectivity index (χ4n) is 4.39. The molecule has 1 amide bonds. The minimum absolute atomic E-state index is 0.00442. The fraction of sp³-hybridized carbons (Fsp3) is 0.364. The maximum atomic E-state index is 12.3. The number of fused-ring (bicyclic) bond motifs is 3. The summed E-state index contributed by atoms with van der Waals surface area (Å²) in [5.41, 5.74) is 4.68. The number of ether oxygens (including phenoxy) is 1. The van der Waals surface area contributed by atoms with Gasteiger partial charge in [0, 0.05) is 12.0 Å². The van der Waals surface area contributed by atoms with E-state index in [1.54, 1.807) is 0 Å². The largest absolute Gasteiger partial charge is 0.481 e. The highest BCUT2D eigenvalue weighted by atomic mass is 16.5. The van der Waals surface area contributed by atoms with Crippen LogP contribution >= 0.6 is 0 Å². The lowest BCUT2D eigenvalue weighted by atomic mass is 9.84. The molecule has 2 aliphatic carbocycles. The summed E-state index contributed by atoms with van der Waals surface area (Å²) in [5, 5.41) is 12.1. The van der Waals surface area contributed by atoms with Crippen molar-refractivity contribution in [2.75, 3.05) is 6.61 Å². The molecule has 2 unspecified atom stereocenters. The van der Waals surface area contributed by atoms with Crippen LogP contribution in [0.3, 0.4) is 0 Å². The first-order valence-electron chi connectivity index (χ1n) is 9.49. The SMILES string of the molecule is O=C(NC1CCCCC1C(=O)O)OCC1c2ccccc2-c2ccccc21. The summed E-state index contributed by atoms with van der Waals surface area (Å²) in [4.78, 5) is 23.7. The number of alkyl carbamates (subject to hydrolysis) is 1. The number of carboxylic acids is 1. The van der Waals surface area contributed by atoms with E-state index >= 15 is 0 Å². The Balaban J connectivity index is 1.44. The van der Waals surface area contributed by atoms with Crippen LogP contribution in [-0.2, 0) is 9.53 Å². The van der Waals surface area contributed by atoms with Gasteiger partial charge < -0.3 is 15.2 Å². The lowest BCUT2D eigenvalue weighted by molar-refractivity contribution is -0.143. The van der Waals surface area contributed by atoms with Crippen LogP contribution in [0, 0.1) is 5.92 Å². The summed E-state index contributed by atoms with van der Waals surface area (Å²) >= 11 is 0. The number of carbonyl (C=O) groups excluding carboxylic acids is 1. The lowest BCUT2D eigenvalue weighted by Gasteiger charge is -2.29. The molecule has 0 aromatic heterocycles. The zero-order valence-electron chi connectivity index (χ0n) is 15.1. The molecule has 0 aliphatic heterocycles. The number of carbonyl (C=O) groups is 2. The maximum absolute atomic E-state index is 12.3. The van der Waals surface area contributed by atoms with Crippen molar-refractivity contribution in [1.29, 1.82) is 0 Å². The molecule has 1 saturated carbocycles. The van der Waals surface area contributed by atoms with Crippen molar-refractivity contribution in [1.82, 2.24) is 5.32 Å². The summed E-state index contributed by atoms with van der Waals surface area (Å²) < 4.78 is 5.53. The number of benzene rings is 2. The lowest BCUT2D eigenvalue weighted by Crippen LogP contribution is -2.45. The van der Waals surface area contributed by atoms with Gasteiger partial charge in [-0.05, 0) is 35.1 Å². The van der Waals surface area contributed by atoms with Crippen molar-refractivity contribution in [3.05, 3.63) is 59.7 Å². The molecule has 5 heteroatoms. The van der Waals surface area contributed by atoms with Gasteiger partial charge in [0.1, 0.15) is 6.61 Å². The highest BCUT2D eigenvalue weighted by molar-refractivity contribution is 5.79. The second-order valence-corrected chi connectivity index (χ2v) is 7.31. The molecule has 27 heavy (non-hydrogen) atoms. The normalized spacial score (nSPS) is 21.2. The van der Waals surface area contributed by atoms with Crippen molar-refractivity contribution in [3.8, 4) is 11.1 Å². The van der Waals surface area contributed by atoms with Gasteiger partial charge in [-0.25, -0.2) is 4.79 Å². The number of aliphatic carboxylic acids is 1. The number of hydrogen-bond acceptors (Lipinski definition) is 3. The molecule has 5 nitrogen and oxygen atoms in total. The average molecular weight is 365 g/mol. The number of hydrogen-bond donors (Lipinski definition) is 2. The Hall–Kier alpha value is -2.82. The number of rotatable bonds is 4. The molecule has 0 radical (unpaired) electrons. The quantitative estimate of drug-likeness (QED) is 0.853. The van der Waals surface area contributed by atoms with Crippen molar-refractivity contribution in [2.24, 2.45) is 5.92 Å². The van der Waals surface area contributed by atoms with E-state index in [9.17, 15) is 14.7 Å². The zero-order chi connectivity index (χ0) is 18.8. The second kappa shape index (κ2) is 7.43. The van der Waals surface area contributed by atoms with Gasteiger partial charge in [-0.1, -0.05) is 61.4 Å². The highest BCUT2D eigenvalue weighted by Crippen LogP contribution is 2.44. The van der Waals surface area contributed by atoms with Crippen molar-refractivity contribution in [2.45, 2.75) is 37.6 Å².